The minimum absolute atomic E-state index is 0.275. The standard InChI is InChI=1S/C11H15FN2S/c1-8-7-14(5-6-15-8)10-4-2-3-9(12)11(10)13/h2-4,8H,5-7,13H2,1H3. The van der Waals surface area contributed by atoms with E-state index >= 15 is 0 Å². The summed E-state index contributed by atoms with van der Waals surface area (Å²) in [4.78, 5) is 2.17. The first-order valence-electron chi connectivity index (χ1n) is 5.09. The second-order valence-corrected chi connectivity index (χ2v) is 5.35. The van der Waals surface area contributed by atoms with Crippen LogP contribution in [-0.2, 0) is 0 Å². The van der Waals surface area contributed by atoms with E-state index in [4.69, 9.17) is 5.73 Å². The van der Waals surface area contributed by atoms with Crippen LogP contribution in [0.25, 0.3) is 0 Å². The van der Waals surface area contributed by atoms with Gasteiger partial charge in [-0.1, -0.05) is 13.0 Å². The molecule has 0 spiro atoms. The molecule has 2 rings (SSSR count). The molecule has 1 saturated heterocycles. The summed E-state index contributed by atoms with van der Waals surface area (Å²) >= 11 is 1.95. The van der Waals surface area contributed by atoms with E-state index in [9.17, 15) is 4.39 Å². The van der Waals surface area contributed by atoms with E-state index in [0.29, 0.717) is 5.25 Å². The van der Waals surface area contributed by atoms with Crippen LogP contribution in [0.1, 0.15) is 6.92 Å². The predicted molar refractivity (Wildman–Crippen MR) is 64.9 cm³/mol. The molecule has 1 aliphatic rings. The minimum atomic E-state index is -0.321. The molecule has 0 amide bonds. The average Bonchev–Trinajstić information content (AvgIpc) is 2.22. The van der Waals surface area contributed by atoms with Crippen LogP contribution in [0.5, 0.6) is 0 Å². The second-order valence-electron chi connectivity index (χ2n) is 3.80. The Morgan fingerprint density at radius 1 is 1.53 bits per heavy atom. The second kappa shape index (κ2) is 4.31. The lowest BCUT2D eigenvalue weighted by Crippen LogP contribution is -2.37. The molecule has 1 aromatic carbocycles. The number of hydrogen-bond acceptors (Lipinski definition) is 3. The topological polar surface area (TPSA) is 29.3 Å². The average molecular weight is 226 g/mol. The Hall–Kier alpha value is -0.900. The highest BCUT2D eigenvalue weighted by Gasteiger charge is 2.19. The van der Waals surface area contributed by atoms with Gasteiger partial charge in [-0.15, -0.1) is 0 Å². The van der Waals surface area contributed by atoms with Crippen molar-refractivity contribution in [2.45, 2.75) is 12.2 Å². The van der Waals surface area contributed by atoms with Crippen molar-refractivity contribution in [3.63, 3.8) is 0 Å². The lowest BCUT2D eigenvalue weighted by molar-refractivity contribution is 0.631. The first-order chi connectivity index (χ1) is 7.18. The van der Waals surface area contributed by atoms with Crippen molar-refractivity contribution in [1.29, 1.82) is 0 Å². The third-order valence-electron chi connectivity index (χ3n) is 2.61. The van der Waals surface area contributed by atoms with Crippen LogP contribution in [0.4, 0.5) is 15.8 Å². The molecule has 1 aromatic rings. The molecule has 1 atom stereocenters. The molecule has 1 unspecified atom stereocenters. The van der Waals surface area contributed by atoms with Crippen molar-refractivity contribution in [3.8, 4) is 0 Å². The Morgan fingerprint density at radius 3 is 3.07 bits per heavy atom. The number of para-hydroxylation sites is 1. The first kappa shape index (κ1) is 10.6. The smallest absolute Gasteiger partial charge is 0.148 e. The van der Waals surface area contributed by atoms with Crippen LogP contribution < -0.4 is 10.6 Å². The largest absolute Gasteiger partial charge is 0.395 e. The van der Waals surface area contributed by atoms with Gasteiger partial charge in [0.05, 0.1) is 11.4 Å². The molecule has 1 fully saturated rings. The minimum Gasteiger partial charge on any atom is -0.395 e. The van der Waals surface area contributed by atoms with Gasteiger partial charge in [-0.3, -0.25) is 0 Å². The molecule has 0 aromatic heterocycles. The fraction of sp³-hybridized carbons (Fsp3) is 0.455. The van der Waals surface area contributed by atoms with Crippen molar-refractivity contribution in [2.75, 3.05) is 29.5 Å². The molecule has 0 radical (unpaired) electrons. The number of halogens is 1. The summed E-state index contributed by atoms with van der Waals surface area (Å²) in [5.41, 5.74) is 6.85. The first-order valence-corrected chi connectivity index (χ1v) is 6.14. The lowest BCUT2D eigenvalue weighted by atomic mass is 10.2. The highest BCUT2D eigenvalue weighted by atomic mass is 32.2. The summed E-state index contributed by atoms with van der Waals surface area (Å²) in [5, 5.41) is 0.585. The van der Waals surface area contributed by atoms with E-state index in [1.54, 1.807) is 6.07 Å². The third kappa shape index (κ3) is 2.20. The van der Waals surface area contributed by atoms with Crippen LogP contribution in [0.15, 0.2) is 18.2 Å². The Balaban J connectivity index is 2.24. The number of hydrogen-bond donors (Lipinski definition) is 1. The third-order valence-corrected chi connectivity index (χ3v) is 3.75. The summed E-state index contributed by atoms with van der Waals surface area (Å²) in [6.45, 7) is 4.08. The molecule has 0 saturated carbocycles. The zero-order valence-corrected chi connectivity index (χ0v) is 9.56. The predicted octanol–water partition coefficient (Wildman–Crippen LogP) is 2.35. The Morgan fingerprint density at radius 2 is 2.33 bits per heavy atom. The molecular weight excluding hydrogens is 211 g/mol. The molecule has 15 heavy (non-hydrogen) atoms. The van der Waals surface area contributed by atoms with Crippen LogP contribution >= 0.6 is 11.8 Å². The number of nitrogens with two attached hydrogens (primary N) is 1. The van der Waals surface area contributed by atoms with Crippen molar-refractivity contribution >= 4 is 23.1 Å². The fourth-order valence-electron chi connectivity index (χ4n) is 1.84. The summed E-state index contributed by atoms with van der Waals surface area (Å²) in [5.74, 6) is 0.760. The molecule has 82 valence electrons. The summed E-state index contributed by atoms with van der Waals surface area (Å²) in [6.07, 6.45) is 0. The van der Waals surface area contributed by atoms with Gasteiger partial charge in [0.1, 0.15) is 5.82 Å². The van der Waals surface area contributed by atoms with E-state index in [2.05, 4.69) is 11.8 Å². The molecule has 2 nitrogen and oxygen atoms in total. The maximum atomic E-state index is 13.3. The number of rotatable bonds is 1. The molecule has 4 heteroatoms. The van der Waals surface area contributed by atoms with E-state index < -0.39 is 0 Å². The van der Waals surface area contributed by atoms with Crippen LogP contribution in [-0.4, -0.2) is 24.1 Å². The van der Waals surface area contributed by atoms with Gasteiger partial charge in [-0.05, 0) is 12.1 Å². The van der Waals surface area contributed by atoms with Gasteiger partial charge in [-0.2, -0.15) is 11.8 Å². The number of nitrogens with zero attached hydrogens (tertiary/aromatic N) is 1. The fourth-order valence-corrected chi connectivity index (χ4v) is 2.85. The Labute approximate surface area is 93.6 Å². The van der Waals surface area contributed by atoms with Gasteiger partial charge < -0.3 is 10.6 Å². The zero-order chi connectivity index (χ0) is 10.8. The highest BCUT2D eigenvalue weighted by molar-refractivity contribution is 8.00. The molecule has 0 bridgehead atoms. The van der Waals surface area contributed by atoms with Gasteiger partial charge in [0.25, 0.3) is 0 Å². The normalized spacial score (nSPS) is 21.7. The number of thioether (sulfide) groups is 1. The number of nitrogen functional groups attached to an aromatic ring is 1. The van der Waals surface area contributed by atoms with E-state index in [1.807, 2.05) is 17.8 Å². The van der Waals surface area contributed by atoms with Crippen molar-refractivity contribution in [2.24, 2.45) is 0 Å². The monoisotopic (exact) mass is 226 g/mol. The molecular formula is C11H15FN2S. The molecule has 2 N–H and O–H groups in total. The lowest BCUT2D eigenvalue weighted by Gasteiger charge is -2.33. The van der Waals surface area contributed by atoms with Crippen molar-refractivity contribution in [1.82, 2.24) is 0 Å². The number of anilines is 2. The van der Waals surface area contributed by atoms with E-state index in [0.717, 1.165) is 24.5 Å². The highest BCUT2D eigenvalue weighted by Crippen LogP contribution is 2.29. The summed E-state index contributed by atoms with van der Waals surface area (Å²) < 4.78 is 13.3. The zero-order valence-electron chi connectivity index (χ0n) is 8.74. The van der Waals surface area contributed by atoms with E-state index in [1.165, 1.54) is 6.07 Å². The SMILES string of the molecule is CC1CN(c2cccc(F)c2N)CCS1. The molecule has 0 aliphatic carbocycles. The molecule has 1 aliphatic heterocycles. The maximum Gasteiger partial charge on any atom is 0.148 e. The van der Waals surface area contributed by atoms with Crippen LogP contribution in [0, 0.1) is 5.82 Å². The van der Waals surface area contributed by atoms with Crippen LogP contribution in [0.2, 0.25) is 0 Å². The van der Waals surface area contributed by atoms with Crippen molar-refractivity contribution in [3.05, 3.63) is 24.0 Å². The van der Waals surface area contributed by atoms with E-state index in [-0.39, 0.29) is 11.5 Å². The van der Waals surface area contributed by atoms with Crippen LogP contribution in [0.3, 0.4) is 0 Å². The Bertz CT molecular complexity index is 356. The summed E-state index contributed by atoms with van der Waals surface area (Å²) in [7, 11) is 0. The van der Waals surface area contributed by atoms with Gasteiger partial charge >= 0.3 is 0 Å². The van der Waals surface area contributed by atoms with Gasteiger partial charge in [0, 0.05) is 24.1 Å². The van der Waals surface area contributed by atoms with Gasteiger partial charge in [-0.25, -0.2) is 4.39 Å². The maximum absolute atomic E-state index is 13.3. The number of benzene rings is 1. The quantitative estimate of drug-likeness (QED) is 0.745. The Kier molecular flexibility index (Phi) is 3.05. The molecule has 1 heterocycles. The van der Waals surface area contributed by atoms with Gasteiger partial charge in [0.2, 0.25) is 0 Å². The van der Waals surface area contributed by atoms with Gasteiger partial charge in [0.15, 0.2) is 0 Å². The van der Waals surface area contributed by atoms with Crippen molar-refractivity contribution < 1.29 is 4.39 Å². The summed E-state index contributed by atoms with van der Waals surface area (Å²) in [6, 6.07) is 5.01.